The average molecular weight is 227 g/mol. The second-order valence-electron chi connectivity index (χ2n) is 4.68. The van der Waals surface area contributed by atoms with E-state index in [1.807, 2.05) is 12.1 Å². The summed E-state index contributed by atoms with van der Waals surface area (Å²) >= 11 is 0. The highest BCUT2D eigenvalue weighted by molar-refractivity contribution is 5.90. The van der Waals surface area contributed by atoms with Crippen LogP contribution in [0.1, 0.15) is 24.2 Å². The topological polar surface area (TPSA) is 32.3 Å². The van der Waals surface area contributed by atoms with Crippen LogP contribution < -0.4 is 5.32 Å². The molecule has 2 atom stereocenters. The van der Waals surface area contributed by atoms with E-state index < -0.39 is 6.10 Å². The standard InChI is InChI=1S/C15H17NO/c1-2-16-13-9-11-7-3-5-10-6-4-8-12(14(10)11)15(13)17/h3-8,13,15-17H,2,9H2,1H3. The maximum Gasteiger partial charge on any atom is 0.0952 e. The Bertz CT molecular complexity index is 544. The molecule has 2 unspecified atom stereocenters. The molecule has 1 aliphatic rings. The maximum absolute atomic E-state index is 10.4. The quantitative estimate of drug-likeness (QED) is 0.825. The van der Waals surface area contributed by atoms with E-state index in [4.69, 9.17) is 0 Å². The third-order valence-electron chi connectivity index (χ3n) is 3.63. The van der Waals surface area contributed by atoms with Gasteiger partial charge in [-0.1, -0.05) is 43.3 Å². The SMILES string of the molecule is CCNC1Cc2cccc3cccc(c23)C1O. The van der Waals surface area contributed by atoms with Crippen LogP contribution in [-0.4, -0.2) is 17.7 Å². The van der Waals surface area contributed by atoms with Crippen LogP contribution in [0, 0.1) is 0 Å². The molecule has 0 saturated heterocycles. The highest BCUT2D eigenvalue weighted by Crippen LogP contribution is 2.35. The Balaban J connectivity index is 2.19. The van der Waals surface area contributed by atoms with Gasteiger partial charge in [0.15, 0.2) is 0 Å². The van der Waals surface area contributed by atoms with Crippen LogP contribution in [0.2, 0.25) is 0 Å². The van der Waals surface area contributed by atoms with E-state index in [0.717, 1.165) is 18.5 Å². The fourth-order valence-corrected chi connectivity index (χ4v) is 2.88. The summed E-state index contributed by atoms with van der Waals surface area (Å²) < 4.78 is 0. The van der Waals surface area contributed by atoms with Crippen molar-refractivity contribution in [2.24, 2.45) is 0 Å². The van der Waals surface area contributed by atoms with E-state index in [9.17, 15) is 5.11 Å². The normalized spacial score (nSPS) is 22.9. The second kappa shape index (κ2) is 4.13. The molecular formula is C15H17NO. The Kier molecular flexibility index (Phi) is 2.61. The summed E-state index contributed by atoms with van der Waals surface area (Å²) in [6, 6.07) is 12.7. The zero-order valence-electron chi connectivity index (χ0n) is 9.98. The van der Waals surface area contributed by atoms with E-state index in [2.05, 4.69) is 36.5 Å². The van der Waals surface area contributed by atoms with Gasteiger partial charge in [0, 0.05) is 6.04 Å². The van der Waals surface area contributed by atoms with Gasteiger partial charge in [-0.25, -0.2) is 0 Å². The molecule has 0 aliphatic heterocycles. The molecule has 17 heavy (non-hydrogen) atoms. The van der Waals surface area contributed by atoms with Crippen LogP contribution in [0.5, 0.6) is 0 Å². The van der Waals surface area contributed by atoms with Gasteiger partial charge in [0.2, 0.25) is 0 Å². The first-order valence-electron chi connectivity index (χ1n) is 6.23. The fraction of sp³-hybridized carbons (Fsp3) is 0.333. The molecule has 0 heterocycles. The third kappa shape index (κ3) is 1.65. The molecule has 0 amide bonds. The van der Waals surface area contributed by atoms with E-state index in [1.165, 1.54) is 16.3 Å². The van der Waals surface area contributed by atoms with Gasteiger partial charge in [-0.05, 0) is 34.9 Å². The zero-order valence-corrected chi connectivity index (χ0v) is 9.98. The molecule has 2 aromatic rings. The molecule has 0 saturated carbocycles. The highest BCUT2D eigenvalue weighted by atomic mass is 16.3. The first-order valence-corrected chi connectivity index (χ1v) is 6.23. The third-order valence-corrected chi connectivity index (χ3v) is 3.63. The smallest absolute Gasteiger partial charge is 0.0952 e. The summed E-state index contributed by atoms with van der Waals surface area (Å²) in [6.07, 6.45) is 0.511. The van der Waals surface area contributed by atoms with Crippen molar-refractivity contribution in [3.05, 3.63) is 47.5 Å². The summed E-state index contributed by atoms with van der Waals surface area (Å²) in [6.45, 7) is 2.97. The highest BCUT2D eigenvalue weighted by Gasteiger charge is 2.27. The van der Waals surface area contributed by atoms with Gasteiger partial charge >= 0.3 is 0 Å². The minimum atomic E-state index is -0.395. The Labute approximate surface area is 101 Å². The number of benzene rings is 2. The molecule has 0 fully saturated rings. The predicted molar refractivity (Wildman–Crippen MR) is 70.1 cm³/mol. The van der Waals surface area contributed by atoms with Crippen molar-refractivity contribution < 1.29 is 5.11 Å². The summed E-state index contributed by atoms with van der Waals surface area (Å²) in [7, 11) is 0. The minimum absolute atomic E-state index is 0.139. The Morgan fingerprint density at radius 3 is 2.76 bits per heavy atom. The molecule has 3 rings (SSSR count). The molecule has 0 radical (unpaired) electrons. The van der Waals surface area contributed by atoms with Gasteiger partial charge in [-0.15, -0.1) is 0 Å². The minimum Gasteiger partial charge on any atom is -0.387 e. The number of aliphatic hydroxyl groups is 1. The van der Waals surface area contributed by atoms with Crippen LogP contribution in [0.15, 0.2) is 36.4 Å². The van der Waals surface area contributed by atoms with Crippen molar-refractivity contribution in [2.75, 3.05) is 6.54 Å². The van der Waals surface area contributed by atoms with E-state index in [1.54, 1.807) is 0 Å². The molecular weight excluding hydrogens is 210 g/mol. The van der Waals surface area contributed by atoms with Gasteiger partial charge in [-0.3, -0.25) is 0 Å². The molecule has 2 aromatic carbocycles. The van der Waals surface area contributed by atoms with Gasteiger partial charge in [0.05, 0.1) is 6.10 Å². The first-order chi connectivity index (χ1) is 8.31. The summed E-state index contributed by atoms with van der Waals surface area (Å²) in [5.41, 5.74) is 2.41. The van der Waals surface area contributed by atoms with Crippen molar-refractivity contribution in [2.45, 2.75) is 25.5 Å². The van der Waals surface area contributed by atoms with E-state index in [-0.39, 0.29) is 6.04 Å². The summed E-state index contributed by atoms with van der Waals surface area (Å²) in [5, 5.41) is 16.2. The van der Waals surface area contributed by atoms with E-state index in [0.29, 0.717) is 0 Å². The van der Waals surface area contributed by atoms with Crippen LogP contribution in [0.25, 0.3) is 10.8 Å². The lowest BCUT2D eigenvalue weighted by Gasteiger charge is -2.30. The molecule has 0 aromatic heterocycles. The molecule has 1 aliphatic carbocycles. The molecule has 88 valence electrons. The Hall–Kier alpha value is -1.38. The van der Waals surface area contributed by atoms with Gasteiger partial charge < -0.3 is 10.4 Å². The summed E-state index contributed by atoms with van der Waals surface area (Å²) in [4.78, 5) is 0. The number of hydrogen-bond acceptors (Lipinski definition) is 2. The largest absolute Gasteiger partial charge is 0.387 e. The molecule has 0 spiro atoms. The number of hydrogen-bond donors (Lipinski definition) is 2. The van der Waals surface area contributed by atoms with Crippen LogP contribution in [0.3, 0.4) is 0 Å². The Morgan fingerprint density at radius 2 is 2.00 bits per heavy atom. The lowest BCUT2D eigenvalue weighted by Crippen LogP contribution is -2.38. The lowest BCUT2D eigenvalue weighted by molar-refractivity contribution is 0.127. The van der Waals surface area contributed by atoms with Crippen LogP contribution in [-0.2, 0) is 6.42 Å². The van der Waals surface area contributed by atoms with Crippen molar-refractivity contribution in [3.63, 3.8) is 0 Å². The van der Waals surface area contributed by atoms with Crippen LogP contribution in [0.4, 0.5) is 0 Å². The van der Waals surface area contributed by atoms with Crippen molar-refractivity contribution in [1.82, 2.24) is 5.32 Å². The van der Waals surface area contributed by atoms with Crippen molar-refractivity contribution in [1.29, 1.82) is 0 Å². The molecule has 2 nitrogen and oxygen atoms in total. The second-order valence-corrected chi connectivity index (χ2v) is 4.68. The van der Waals surface area contributed by atoms with Gasteiger partial charge in [-0.2, -0.15) is 0 Å². The first kappa shape index (κ1) is 10.8. The van der Waals surface area contributed by atoms with Crippen molar-refractivity contribution in [3.8, 4) is 0 Å². The van der Waals surface area contributed by atoms with Crippen LogP contribution >= 0.6 is 0 Å². The molecule has 2 N–H and O–H groups in total. The average Bonchev–Trinajstić information content (AvgIpc) is 2.36. The predicted octanol–water partition coefficient (Wildman–Crippen LogP) is 2.41. The molecule has 2 heteroatoms. The fourth-order valence-electron chi connectivity index (χ4n) is 2.88. The monoisotopic (exact) mass is 227 g/mol. The Morgan fingerprint density at radius 1 is 1.24 bits per heavy atom. The van der Waals surface area contributed by atoms with Gasteiger partial charge in [0.1, 0.15) is 0 Å². The maximum atomic E-state index is 10.4. The van der Waals surface area contributed by atoms with Gasteiger partial charge in [0.25, 0.3) is 0 Å². The molecule has 0 bridgehead atoms. The number of likely N-dealkylation sites (N-methyl/N-ethyl adjacent to an activating group) is 1. The number of nitrogens with one attached hydrogen (secondary N) is 1. The number of rotatable bonds is 2. The lowest BCUT2D eigenvalue weighted by atomic mass is 9.84. The zero-order chi connectivity index (χ0) is 11.8. The van der Waals surface area contributed by atoms with E-state index >= 15 is 0 Å². The summed E-state index contributed by atoms with van der Waals surface area (Å²) in [5.74, 6) is 0. The van der Waals surface area contributed by atoms with Crippen molar-refractivity contribution >= 4 is 10.8 Å². The number of aliphatic hydroxyl groups excluding tert-OH is 1.